The predicted octanol–water partition coefficient (Wildman–Crippen LogP) is 1.59. The number of ether oxygens (including phenoxy) is 1. The van der Waals surface area contributed by atoms with Crippen LogP contribution in [0.15, 0.2) is 58.1 Å². The third kappa shape index (κ3) is 7.27. The highest BCUT2D eigenvalue weighted by Crippen LogP contribution is 2.16. The van der Waals surface area contributed by atoms with Crippen LogP contribution < -0.4 is 10.7 Å². The van der Waals surface area contributed by atoms with Gasteiger partial charge in [0.15, 0.2) is 0 Å². The summed E-state index contributed by atoms with van der Waals surface area (Å²) in [6.07, 6.45) is 3.09. The number of furan rings is 1. The topological polar surface area (TPSA) is 156 Å². The van der Waals surface area contributed by atoms with Gasteiger partial charge in [0.05, 0.1) is 12.7 Å². The summed E-state index contributed by atoms with van der Waals surface area (Å²) in [7, 11) is 0. The summed E-state index contributed by atoms with van der Waals surface area (Å²) in [5.74, 6) is -0.932. The molecule has 2 amide bonds. The van der Waals surface area contributed by atoms with Crippen molar-refractivity contribution in [2.24, 2.45) is 5.10 Å². The van der Waals surface area contributed by atoms with E-state index in [1.54, 1.807) is 24.3 Å². The molecular formula is C18H18N4O7. The monoisotopic (exact) mass is 402 g/mol. The van der Waals surface area contributed by atoms with Gasteiger partial charge in [-0.25, -0.2) is 10.2 Å². The lowest BCUT2D eigenvalue weighted by atomic mass is 10.2. The van der Waals surface area contributed by atoms with Gasteiger partial charge < -0.3 is 19.6 Å². The molecule has 3 N–H and O–H groups in total. The van der Waals surface area contributed by atoms with Gasteiger partial charge in [-0.05, 0) is 23.8 Å². The number of alkyl carbamates (subject to hydrolysis) is 1. The summed E-state index contributed by atoms with van der Waals surface area (Å²) in [5, 5.41) is 25.6. The predicted molar refractivity (Wildman–Crippen MR) is 102 cm³/mol. The summed E-state index contributed by atoms with van der Waals surface area (Å²) in [6.45, 7) is -0.645. The van der Waals surface area contributed by atoms with Crippen molar-refractivity contribution in [2.45, 2.75) is 12.6 Å². The number of nitro groups is 1. The number of benzene rings is 1. The van der Waals surface area contributed by atoms with Crippen LogP contribution in [0.5, 0.6) is 0 Å². The van der Waals surface area contributed by atoms with Crippen LogP contribution in [-0.4, -0.2) is 40.9 Å². The summed E-state index contributed by atoms with van der Waals surface area (Å²) in [6, 6.07) is 10.3. The molecule has 152 valence electrons. The fraction of sp³-hybridized carbons (Fsp3) is 0.167. The first-order valence-corrected chi connectivity index (χ1v) is 8.31. The van der Waals surface area contributed by atoms with Crippen molar-refractivity contribution >= 4 is 30.2 Å². The number of hydrogen-bond acceptors (Lipinski definition) is 8. The van der Waals surface area contributed by atoms with Gasteiger partial charge in [0.25, 0.3) is 5.91 Å². The Kier molecular flexibility index (Phi) is 8.08. The summed E-state index contributed by atoms with van der Waals surface area (Å²) < 4.78 is 9.87. The Morgan fingerprint density at radius 2 is 2.03 bits per heavy atom. The number of carbonyl (C=O) groups excluding carboxylic acids is 2. The summed E-state index contributed by atoms with van der Waals surface area (Å²) >= 11 is 0. The number of rotatable bonds is 9. The Balaban J connectivity index is 1.76. The normalized spacial score (nSPS) is 12.0. The third-order valence-electron chi connectivity index (χ3n) is 3.39. The molecule has 1 heterocycles. The minimum atomic E-state index is -1.26. The number of nitrogens with zero attached hydrogens (tertiary/aromatic N) is 2. The van der Waals surface area contributed by atoms with Crippen molar-refractivity contribution < 1.29 is 28.8 Å². The van der Waals surface area contributed by atoms with E-state index < -0.39 is 35.5 Å². The first-order chi connectivity index (χ1) is 14.0. The van der Waals surface area contributed by atoms with Gasteiger partial charge in [0.1, 0.15) is 23.3 Å². The molecule has 11 nitrogen and oxygen atoms in total. The van der Waals surface area contributed by atoms with E-state index in [0.717, 1.165) is 5.56 Å². The Bertz CT molecular complexity index is 893. The van der Waals surface area contributed by atoms with Crippen LogP contribution in [0.4, 0.5) is 10.7 Å². The van der Waals surface area contributed by atoms with Crippen molar-refractivity contribution in [3.05, 3.63) is 70.0 Å². The van der Waals surface area contributed by atoms with Crippen LogP contribution in [0.25, 0.3) is 6.08 Å². The SMILES string of the molecule is O=C(N[C@@H](CO)C(=O)N/N=C/C=C/c1ccc([N+](=O)[O-])o1)OCc1ccccc1. The smallest absolute Gasteiger partial charge is 0.433 e. The van der Waals surface area contributed by atoms with Crippen LogP contribution in [-0.2, 0) is 16.1 Å². The lowest BCUT2D eigenvalue weighted by molar-refractivity contribution is -0.402. The number of aliphatic hydroxyl groups is 1. The van der Waals surface area contributed by atoms with Gasteiger partial charge in [-0.3, -0.25) is 14.9 Å². The van der Waals surface area contributed by atoms with Crippen molar-refractivity contribution in [2.75, 3.05) is 6.61 Å². The van der Waals surface area contributed by atoms with Crippen LogP contribution >= 0.6 is 0 Å². The average Bonchev–Trinajstić information content (AvgIpc) is 3.20. The van der Waals surface area contributed by atoms with Crippen LogP contribution in [0.2, 0.25) is 0 Å². The molecule has 2 rings (SSSR count). The zero-order chi connectivity index (χ0) is 21.1. The van der Waals surface area contributed by atoms with E-state index >= 15 is 0 Å². The molecule has 0 radical (unpaired) electrons. The van der Waals surface area contributed by atoms with E-state index in [4.69, 9.17) is 9.15 Å². The van der Waals surface area contributed by atoms with E-state index in [2.05, 4.69) is 15.8 Å². The van der Waals surface area contributed by atoms with Gasteiger partial charge in [0.2, 0.25) is 0 Å². The molecule has 1 aromatic carbocycles. The first-order valence-electron chi connectivity index (χ1n) is 8.31. The van der Waals surface area contributed by atoms with Crippen molar-refractivity contribution in [3.8, 4) is 0 Å². The highest BCUT2D eigenvalue weighted by molar-refractivity contribution is 5.87. The number of aliphatic hydroxyl groups excluding tert-OH is 1. The third-order valence-corrected chi connectivity index (χ3v) is 3.39. The molecule has 29 heavy (non-hydrogen) atoms. The summed E-state index contributed by atoms with van der Waals surface area (Å²) in [4.78, 5) is 33.5. The quantitative estimate of drug-likeness (QED) is 0.326. The minimum Gasteiger partial charge on any atom is -0.445 e. The zero-order valence-electron chi connectivity index (χ0n) is 15.1. The summed E-state index contributed by atoms with van der Waals surface area (Å²) in [5.41, 5.74) is 2.90. The van der Waals surface area contributed by atoms with Gasteiger partial charge >= 0.3 is 12.0 Å². The molecule has 0 saturated carbocycles. The highest BCUT2D eigenvalue weighted by Gasteiger charge is 2.20. The van der Waals surface area contributed by atoms with Crippen molar-refractivity contribution in [1.29, 1.82) is 0 Å². The molecule has 0 fully saturated rings. The molecule has 1 aromatic heterocycles. The molecule has 0 aliphatic heterocycles. The number of amides is 2. The molecular weight excluding hydrogens is 384 g/mol. The molecule has 11 heteroatoms. The standard InChI is InChI=1S/C18H18N4O7/c23-11-15(20-18(25)28-12-13-5-2-1-3-6-13)17(24)21-19-10-4-7-14-8-9-16(29-14)22(26)27/h1-10,15,23H,11-12H2,(H,20,25)(H,21,24)/b7-4+,19-10+/t15-/m0/s1. The molecule has 2 aromatic rings. The van der Waals surface area contributed by atoms with E-state index in [-0.39, 0.29) is 12.4 Å². The number of carbonyl (C=O) groups is 2. The van der Waals surface area contributed by atoms with E-state index in [1.807, 2.05) is 6.07 Å². The number of hydrogen-bond donors (Lipinski definition) is 3. The lowest BCUT2D eigenvalue weighted by Gasteiger charge is -2.14. The second kappa shape index (κ2) is 11.0. The number of nitrogens with one attached hydrogen (secondary N) is 2. The van der Waals surface area contributed by atoms with E-state index in [1.165, 1.54) is 30.5 Å². The second-order valence-corrected chi connectivity index (χ2v) is 5.49. The fourth-order valence-electron chi connectivity index (χ4n) is 1.99. The van der Waals surface area contributed by atoms with Gasteiger partial charge in [-0.2, -0.15) is 5.10 Å². The van der Waals surface area contributed by atoms with Gasteiger partial charge in [0, 0.05) is 6.21 Å². The maximum absolute atomic E-state index is 11.9. The van der Waals surface area contributed by atoms with Crippen molar-refractivity contribution in [1.82, 2.24) is 10.7 Å². The van der Waals surface area contributed by atoms with Crippen molar-refractivity contribution in [3.63, 3.8) is 0 Å². The van der Waals surface area contributed by atoms with Gasteiger partial charge in [-0.1, -0.05) is 30.3 Å². The molecule has 0 spiro atoms. The molecule has 0 bridgehead atoms. The zero-order valence-corrected chi connectivity index (χ0v) is 15.1. The first kappa shape index (κ1) is 21.3. The van der Waals surface area contributed by atoms with Crippen LogP contribution in [0.1, 0.15) is 11.3 Å². The molecule has 0 aliphatic carbocycles. The minimum absolute atomic E-state index is 0.0142. The Labute approximate surface area is 164 Å². The van der Waals surface area contributed by atoms with E-state index in [0.29, 0.717) is 0 Å². The molecule has 0 aliphatic rings. The lowest BCUT2D eigenvalue weighted by Crippen LogP contribution is -2.47. The van der Waals surface area contributed by atoms with E-state index in [9.17, 15) is 24.8 Å². The van der Waals surface area contributed by atoms with Crippen LogP contribution in [0, 0.1) is 10.1 Å². The highest BCUT2D eigenvalue weighted by atomic mass is 16.6. The Hall–Kier alpha value is -3.99. The average molecular weight is 402 g/mol. The maximum Gasteiger partial charge on any atom is 0.433 e. The Morgan fingerprint density at radius 3 is 2.69 bits per heavy atom. The van der Waals surface area contributed by atoms with Crippen LogP contribution in [0.3, 0.4) is 0 Å². The largest absolute Gasteiger partial charge is 0.445 e. The molecule has 0 unspecified atom stereocenters. The molecule has 1 atom stereocenters. The number of hydrazone groups is 1. The Morgan fingerprint density at radius 1 is 1.28 bits per heavy atom. The van der Waals surface area contributed by atoms with Gasteiger partial charge in [-0.15, -0.1) is 0 Å². The fourth-order valence-corrected chi connectivity index (χ4v) is 1.99. The number of allylic oxidation sites excluding steroid dienone is 1. The molecule has 0 saturated heterocycles. The maximum atomic E-state index is 11.9. The second-order valence-electron chi connectivity index (χ2n) is 5.49.